The summed E-state index contributed by atoms with van der Waals surface area (Å²) in [7, 11) is 1.53. The molecule has 0 unspecified atom stereocenters. The van der Waals surface area contributed by atoms with Gasteiger partial charge in [-0.1, -0.05) is 6.07 Å². The highest BCUT2D eigenvalue weighted by Gasteiger charge is 2.46. The molecule has 1 N–H and O–H groups in total. The number of rotatable bonds is 9. The number of carbonyl (C=O) groups is 4. The van der Waals surface area contributed by atoms with E-state index in [1.54, 1.807) is 55.5 Å². The van der Waals surface area contributed by atoms with Crippen LogP contribution >= 0.6 is 11.3 Å². The van der Waals surface area contributed by atoms with Gasteiger partial charge in [-0.2, -0.15) is 0 Å². The molecule has 4 rings (SSSR count). The summed E-state index contributed by atoms with van der Waals surface area (Å²) in [5, 5.41) is 4.63. The van der Waals surface area contributed by atoms with Crippen molar-refractivity contribution in [2.24, 2.45) is 0 Å². The minimum atomic E-state index is -0.972. The van der Waals surface area contributed by atoms with E-state index in [2.05, 4.69) is 5.32 Å². The highest BCUT2D eigenvalue weighted by Crippen LogP contribution is 2.30. The number of carbonyl (C=O) groups excluding carboxylic acids is 4. The lowest BCUT2D eigenvalue weighted by Gasteiger charge is -2.21. The van der Waals surface area contributed by atoms with E-state index in [-0.39, 0.29) is 19.6 Å². The quantitative estimate of drug-likeness (QED) is 0.342. The maximum Gasteiger partial charge on any atom is 0.338 e. The highest BCUT2D eigenvalue weighted by atomic mass is 32.1. The topological polar surface area (TPSA) is 105 Å². The van der Waals surface area contributed by atoms with Crippen LogP contribution in [0.5, 0.6) is 5.75 Å². The Morgan fingerprint density at radius 2 is 1.75 bits per heavy atom. The molecule has 0 radical (unpaired) electrons. The molecular weight excluding hydrogens is 482 g/mol. The molecule has 1 atom stereocenters. The number of imide groups is 1. The number of benzene rings is 2. The molecule has 0 bridgehead atoms. The number of ether oxygens (including phenoxy) is 2. The van der Waals surface area contributed by atoms with Crippen LogP contribution in [0.15, 0.2) is 66.0 Å². The number of anilines is 2. The third-order valence-electron chi connectivity index (χ3n) is 5.61. The summed E-state index contributed by atoms with van der Waals surface area (Å²) in [6, 6.07) is 15.1. The maximum atomic E-state index is 13.4. The summed E-state index contributed by atoms with van der Waals surface area (Å²) in [4.78, 5) is 54.8. The van der Waals surface area contributed by atoms with Gasteiger partial charge in [0.05, 0.1) is 37.9 Å². The third kappa shape index (κ3) is 5.38. The molecule has 0 spiro atoms. The van der Waals surface area contributed by atoms with E-state index in [0.717, 1.165) is 9.78 Å². The van der Waals surface area contributed by atoms with Crippen molar-refractivity contribution in [2.75, 3.05) is 23.9 Å². The van der Waals surface area contributed by atoms with Crippen molar-refractivity contribution < 1.29 is 28.7 Å². The molecular formula is C26H25N3O6S. The third-order valence-corrected chi connectivity index (χ3v) is 6.48. The lowest BCUT2D eigenvalue weighted by molar-refractivity contribution is -0.124. The van der Waals surface area contributed by atoms with Crippen LogP contribution < -0.4 is 15.0 Å². The predicted molar refractivity (Wildman–Crippen MR) is 135 cm³/mol. The first-order chi connectivity index (χ1) is 17.4. The molecule has 0 saturated carbocycles. The Hall–Kier alpha value is -4.18. The summed E-state index contributed by atoms with van der Waals surface area (Å²) in [6.07, 6.45) is -0.220. The summed E-state index contributed by atoms with van der Waals surface area (Å²) >= 11 is 1.47. The van der Waals surface area contributed by atoms with Crippen molar-refractivity contribution >= 4 is 46.5 Å². The predicted octanol–water partition coefficient (Wildman–Crippen LogP) is 4.30. The van der Waals surface area contributed by atoms with Gasteiger partial charge in [0.25, 0.3) is 5.91 Å². The number of thiophene rings is 1. The largest absolute Gasteiger partial charge is 0.497 e. The fraction of sp³-hybridized carbons (Fsp3) is 0.231. The van der Waals surface area contributed by atoms with E-state index in [1.165, 1.54) is 23.3 Å². The minimum Gasteiger partial charge on any atom is -0.497 e. The van der Waals surface area contributed by atoms with E-state index in [0.29, 0.717) is 22.7 Å². The van der Waals surface area contributed by atoms with Gasteiger partial charge in [0.2, 0.25) is 5.91 Å². The van der Waals surface area contributed by atoms with Crippen LogP contribution in [0.25, 0.3) is 0 Å². The Morgan fingerprint density at radius 1 is 1.03 bits per heavy atom. The Morgan fingerprint density at radius 3 is 2.36 bits per heavy atom. The molecule has 2 aromatic carbocycles. The Bertz CT molecular complexity index is 1240. The average molecular weight is 508 g/mol. The minimum absolute atomic E-state index is 0.209. The van der Waals surface area contributed by atoms with Gasteiger partial charge < -0.3 is 19.7 Å². The van der Waals surface area contributed by atoms with Gasteiger partial charge in [0.15, 0.2) is 0 Å². The zero-order valence-corrected chi connectivity index (χ0v) is 20.6. The van der Waals surface area contributed by atoms with Crippen LogP contribution in [-0.4, -0.2) is 48.5 Å². The number of amides is 4. The van der Waals surface area contributed by atoms with E-state index in [4.69, 9.17) is 9.47 Å². The second-order valence-electron chi connectivity index (χ2n) is 7.93. The van der Waals surface area contributed by atoms with Crippen LogP contribution in [0.1, 0.15) is 28.6 Å². The fourth-order valence-electron chi connectivity index (χ4n) is 3.84. The molecule has 9 nitrogen and oxygen atoms in total. The second kappa shape index (κ2) is 11.0. The highest BCUT2D eigenvalue weighted by molar-refractivity contribution is 7.09. The van der Waals surface area contributed by atoms with Gasteiger partial charge in [0, 0.05) is 10.6 Å². The standard InChI is InChI=1S/C26H25N3O6S/c1-3-35-25(32)17-6-8-18(9-7-17)27-23(30)15-22-24(31)29(19-10-12-20(34-2)13-11-19)26(33)28(22)16-21-5-4-14-36-21/h4-14,22H,3,15-16H2,1-2H3,(H,27,30)/t22-/m1/s1. The van der Waals surface area contributed by atoms with Gasteiger partial charge in [-0.05, 0) is 66.9 Å². The summed E-state index contributed by atoms with van der Waals surface area (Å²) in [5.74, 6) is -0.765. The van der Waals surface area contributed by atoms with Crippen LogP contribution in [0.4, 0.5) is 16.2 Å². The van der Waals surface area contributed by atoms with Gasteiger partial charge in [0.1, 0.15) is 11.8 Å². The van der Waals surface area contributed by atoms with Gasteiger partial charge in [-0.3, -0.25) is 9.59 Å². The van der Waals surface area contributed by atoms with Gasteiger partial charge in [-0.25, -0.2) is 14.5 Å². The van der Waals surface area contributed by atoms with Crippen LogP contribution in [-0.2, 0) is 20.9 Å². The summed E-state index contributed by atoms with van der Waals surface area (Å²) in [6.45, 7) is 2.20. The van der Waals surface area contributed by atoms with Crippen LogP contribution in [0.2, 0.25) is 0 Å². The fourth-order valence-corrected chi connectivity index (χ4v) is 4.55. The van der Waals surface area contributed by atoms with E-state index in [1.807, 2.05) is 17.5 Å². The summed E-state index contributed by atoms with van der Waals surface area (Å²) < 4.78 is 10.1. The maximum absolute atomic E-state index is 13.4. The van der Waals surface area contributed by atoms with Crippen molar-refractivity contribution in [3.63, 3.8) is 0 Å². The lowest BCUT2D eigenvalue weighted by Crippen LogP contribution is -2.37. The second-order valence-corrected chi connectivity index (χ2v) is 8.96. The molecule has 4 amide bonds. The van der Waals surface area contributed by atoms with Crippen molar-refractivity contribution in [2.45, 2.75) is 25.9 Å². The Labute approximate surface area is 212 Å². The normalized spacial score (nSPS) is 15.2. The van der Waals surface area contributed by atoms with Crippen molar-refractivity contribution in [1.29, 1.82) is 0 Å². The Balaban J connectivity index is 1.52. The van der Waals surface area contributed by atoms with Crippen molar-refractivity contribution in [1.82, 2.24) is 4.90 Å². The molecule has 1 aliphatic rings. The number of nitrogens with zero attached hydrogens (tertiary/aromatic N) is 2. The Kier molecular flexibility index (Phi) is 7.65. The SMILES string of the molecule is CCOC(=O)c1ccc(NC(=O)C[C@@H]2C(=O)N(c3ccc(OC)cc3)C(=O)N2Cc2cccs2)cc1. The van der Waals surface area contributed by atoms with E-state index < -0.39 is 29.9 Å². The molecule has 0 aliphatic carbocycles. The lowest BCUT2D eigenvalue weighted by atomic mass is 10.1. The number of hydrogen-bond acceptors (Lipinski definition) is 7. The van der Waals surface area contributed by atoms with E-state index >= 15 is 0 Å². The average Bonchev–Trinajstić information content (AvgIpc) is 3.47. The van der Waals surface area contributed by atoms with Crippen molar-refractivity contribution in [3.05, 3.63) is 76.5 Å². The molecule has 186 valence electrons. The first kappa shape index (κ1) is 24.9. The van der Waals surface area contributed by atoms with Crippen LogP contribution in [0, 0.1) is 0 Å². The zero-order chi connectivity index (χ0) is 25.7. The van der Waals surface area contributed by atoms with Crippen LogP contribution in [0.3, 0.4) is 0 Å². The molecule has 36 heavy (non-hydrogen) atoms. The molecule has 3 aromatic rings. The number of urea groups is 1. The number of methoxy groups -OCH3 is 1. The first-order valence-corrected chi connectivity index (χ1v) is 12.2. The molecule has 2 heterocycles. The number of nitrogens with one attached hydrogen (secondary N) is 1. The van der Waals surface area contributed by atoms with Crippen molar-refractivity contribution in [3.8, 4) is 5.75 Å². The number of hydrogen-bond donors (Lipinski definition) is 1. The van der Waals surface area contributed by atoms with Gasteiger partial charge in [-0.15, -0.1) is 11.3 Å². The zero-order valence-electron chi connectivity index (χ0n) is 19.8. The monoisotopic (exact) mass is 507 g/mol. The van der Waals surface area contributed by atoms with E-state index in [9.17, 15) is 19.2 Å². The molecule has 1 aromatic heterocycles. The van der Waals surface area contributed by atoms with Gasteiger partial charge >= 0.3 is 12.0 Å². The molecule has 10 heteroatoms. The molecule has 1 fully saturated rings. The first-order valence-electron chi connectivity index (χ1n) is 11.3. The smallest absolute Gasteiger partial charge is 0.338 e. The molecule has 1 aliphatic heterocycles. The number of esters is 1. The summed E-state index contributed by atoms with van der Waals surface area (Å²) in [5.41, 5.74) is 1.23. The molecule has 1 saturated heterocycles.